The number of nitrogens with zero attached hydrogens (tertiary/aromatic N) is 2. The summed E-state index contributed by atoms with van der Waals surface area (Å²) in [5, 5.41) is 17.6. The first-order chi connectivity index (χ1) is 9.65. The number of H-pyrrole nitrogens is 1. The summed E-state index contributed by atoms with van der Waals surface area (Å²) in [5.41, 5.74) is 2.58. The third-order valence-corrected chi connectivity index (χ3v) is 3.75. The van der Waals surface area contributed by atoms with E-state index in [1.165, 1.54) is 0 Å². The van der Waals surface area contributed by atoms with Gasteiger partial charge in [0.25, 0.3) is 5.91 Å². The first-order valence-electron chi connectivity index (χ1n) is 6.38. The average Bonchev–Trinajstić information content (AvgIpc) is 2.93. The third kappa shape index (κ3) is 2.42. The van der Waals surface area contributed by atoms with E-state index in [0.29, 0.717) is 23.7 Å². The molecule has 0 aliphatic carbocycles. The number of aliphatic hydroxyl groups is 1. The van der Waals surface area contributed by atoms with E-state index in [1.54, 1.807) is 35.4 Å². The van der Waals surface area contributed by atoms with Gasteiger partial charge in [0.1, 0.15) is 0 Å². The van der Waals surface area contributed by atoms with Crippen LogP contribution in [0.25, 0.3) is 0 Å². The minimum absolute atomic E-state index is 0.306. The summed E-state index contributed by atoms with van der Waals surface area (Å²) in [4.78, 5) is 14.0. The molecule has 3 rings (SSSR count). The average molecular weight is 292 g/mol. The van der Waals surface area contributed by atoms with Crippen LogP contribution in [0.1, 0.15) is 22.9 Å². The Labute approximate surface area is 121 Å². The van der Waals surface area contributed by atoms with Crippen molar-refractivity contribution >= 4 is 17.5 Å². The summed E-state index contributed by atoms with van der Waals surface area (Å²) in [5.74, 6) is -0.306. The number of rotatable bonds is 2. The summed E-state index contributed by atoms with van der Waals surface area (Å²) >= 11 is 5.88. The van der Waals surface area contributed by atoms with E-state index >= 15 is 0 Å². The molecule has 1 amide bonds. The van der Waals surface area contributed by atoms with Crippen LogP contribution >= 0.6 is 11.6 Å². The number of amides is 1. The monoisotopic (exact) mass is 291 g/mol. The van der Waals surface area contributed by atoms with Crippen LogP contribution in [-0.4, -0.2) is 32.7 Å². The Balaban J connectivity index is 1.76. The number of carbonyl (C=O) groups excluding carboxylic acids is 1. The van der Waals surface area contributed by atoms with Crippen molar-refractivity contribution in [3.8, 4) is 0 Å². The fourth-order valence-electron chi connectivity index (χ4n) is 2.40. The summed E-state index contributed by atoms with van der Waals surface area (Å²) in [6.07, 6.45) is 1.27. The van der Waals surface area contributed by atoms with Gasteiger partial charge < -0.3 is 10.0 Å². The summed E-state index contributed by atoms with van der Waals surface area (Å²) in [7, 11) is 0. The van der Waals surface area contributed by atoms with E-state index in [4.69, 9.17) is 11.6 Å². The normalized spacial score (nSPS) is 15.8. The van der Waals surface area contributed by atoms with E-state index in [0.717, 1.165) is 17.7 Å². The lowest BCUT2D eigenvalue weighted by molar-refractivity contribution is -0.141. The smallest absolute Gasteiger partial charge is 0.256 e. The minimum atomic E-state index is -1.18. The molecule has 1 aromatic heterocycles. The second-order valence-electron chi connectivity index (χ2n) is 4.84. The van der Waals surface area contributed by atoms with Gasteiger partial charge in [-0.15, -0.1) is 0 Å². The van der Waals surface area contributed by atoms with E-state index in [9.17, 15) is 9.90 Å². The highest BCUT2D eigenvalue weighted by Gasteiger charge is 2.27. The van der Waals surface area contributed by atoms with Gasteiger partial charge in [0.05, 0.1) is 6.20 Å². The van der Waals surface area contributed by atoms with Crippen molar-refractivity contribution in [1.82, 2.24) is 15.1 Å². The maximum Gasteiger partial charge on any atom is 0.256 e. The molecule has 1 unspecified atom stereocenters. The van der Waals surface area contributed by atoms with Crippen molar-refractivity contribution in [1.29, 1.82) is 0 Å². The summed E-state index contributed by atoms with van der Waals surface area (Å²) < 4.78 is 0. The molecule has 2 aromatic rings. The zero-order valence-corrected chi connectivity index (χ0v) is 11.5. The number of aromatic amines is 1. The van der Waals surface area contributed by atoms with Crippen molar-refractivity contribution in [3.63, 3.8) is 0 Å². The van der Waals surface area contributed by atoms with E-state index < -0.39 is 6.10 Å². The topological polar surface area (TPSA) is 69.2 Å². The molecule has 1 aliphatic rings. The second kappa shape index (κ2) is 5.26. The molecular weight excluding hydrogens is 278 g/mol. The van der Waals surface area contributed by atoms with Crippen LogP contribution in [0.2, 0.25) is 5.02 Å². The zero-order valence-electron chi connectivity index (χ0n) is 10.7. The third-order valence-electron chi connectivity index (χ3n) is 3.51. The van der Waals surface area contributed by atoms with Crippen molar-refractivity contribution in [2.24, 2.45) is 0 Å². The van der Waals surface area contributed by atoms with Crippen molar-refractivity contribution < 1.29 is 9.90 Å². The fraction of sp³-hybridized carbons (Fsp3) is 0.286. The maximum atomic E-state index is 12.3. The molecule has 0 spiro atoms. The molecule has 2 heterocycles. The molecular formula is C14H14ClN3O2. The lowest BCUT2D eigenvalue weighted by Crippen LogP contribution is -2.38. The molecule has 1 atom stereocenters. The van der Waals surface area contributed by atoms with Gasteiger partial charge >= 0.3 is 0 Å². The number of carbonyl (C=O) groups is 1. The van der Waals surface area contributed by atoms with Gasteiger partial charge in [0.2, 0.25) is 0 Å². The van der Waals surface area contributed by atoms with Crippen LogP contribution in [0.15, 0.2) is 30.5 Å². The van der Waals surface area contributed by atoms with Gasteiger partial charge in [-0.2, -0.15) is 5.10 Å². The van der Waals surface area contributed by atoms with Crippen LogP contribution < -0.4 is 0 Å². The van der Waals surface area contributed by atoms with Gasteiger partial charge in [-0.05, 0) is 17.7 Å². The highest BCUT2D eigenvalue weighted by Crippen LogP contribution is 2.23. The number of fused-ring (bicyclic) bond motifs is 1. The molecule has 0 fully saturated rings. The quantitative estimate of drug-likeness (QED) is 0.884. The highest BCUT2D eigenvalue weighted by atomic mass is 35.5. The largest absolute Gasteiger partial charge is 0.378 e. The molecule has 1 aromatic carbocycles. The van der Waals surface area contributed by atoms with Gasteiger partial charge in [-0.25, -0.2) is 0 Å². The molecule has 5 nitrogen and oxygen atoms in total. The Hall–Kier alpha value is -1.85. The maximum absolute atomic E-state index is 12.3. The molecule has 0 bridgehead atoms. The van der Waals surface area contributed by atoms with E-state index in [1.807, 2.05) is 0 Å². The Morgan fingerprint density at radius 1 is 1.50 bits per heavy atom. The predicted octanol–water partition coefficient (Wildman–Crippen LogP) is 1.68. The van der Waals surface area contributed by atoms with Crippen LogP contribution in [0.3, 0.4) is 0 Å². The lowest BCUT2D eigenvalue weighted by atomic mass is 10.0. The second-order valence-corrected chi connectivity index (χ2v) is 5.28. The first-order valence-corrected chi connectivity index (χ1v) is 6.76. The van der Waals surface area contributed by atoms with Crippen LogP contribution in [0, 0.1) is 0 Å². The predicted molar refractivity (Wildman–Crippen MR) is 74.1 cm³/mol. The minimum Gasteiger partial charge on any atom is -0.378 e. The molecule has 6 heteroatoms. The van der Waals surface area contributed by atoms with Crippen LogP contribution in [0.5, 0.6) is 0 Å². The number of halogens is 1. The Bertz CT molecular complexity index is 641. The zero-order chi connectivity index (χ0) is 14.1. The van der Waals surface area contributed by atoms with E-state index in [2.05, 4.69) is 10.2 Å². The fourth-order valence-corrected chi connectivity index (χ4v) is 2.60. The molecule has 0 saturated heterocycles. The first kappa shape index (κ1) is 13.1. The Morgan fingerprint density at radius 3 is 3.15 bits per heavy atom. The number of aliphatic hydroxyl groups excluding tert-OH is 1. The van der Waals surface area contributed by atoms with Crippen molar-refractivity contribution in [2.75, 3.05) is 6.54 Å². The van der Waals surface area contributed by atoms with Crippen molar-refractivity contribution in [2.45, 2.75) is 19.1 Å². The highest BCUT2D eigenvalue weighted by molar-refractivity contribution is 6.30. The standard InChI is InChI=1S/C14H14ClN3O2/c15-11-3-1-2-9(6-11)13(19)14(20)18-5-4-12-10(8-18)7-16-17-12/h1-3,6-7,13,19H,4-5,8H2,(H,16,17). The SMILES string of the molecule is O=C(C(O)c1cccc(Cl)c1)N1CCc2[nH]ncc2C1. The Morgan fingerprint density at radius 2 is 2.35 bits per heavy atom. The molecule has 1 aliphatic heterocycles. The number of nitrogens with one attached hydrogen (secondary N) is 1. The molecule has 0 radical (unpaired) electrons. The number of hydrogen-bond donors (Lipinski definition) is 2. The van der Waals surface area contributed by atoms with Crippen LogP contribution in [0.4, 0.5) is 0 Å². The summed E-state index contributed by atoms with van der Waals surface area (Å²) in [6, 6.07) is 6.73. The molecule has 2 N–H and O–H groups in total. The number of hydrogen-bond acceptors (Lipinski definition) is 3. The Kier molecular flexibility index (Phi) is 3.46. The molecule has 20 heavy (non-hydrogen) atoms. The van der Waals surface area contributed by atoms with Gasteiger partial charge in [-0.1, -0.05) is 23.7 Å². The molecule has 0 saturated carbocycles. The lowest BCUT2D eigenvalue weighted by Gasteiger charge is -2.28. The van der Waals surface area contributed by atoms with E-state index in [-0.39, 0.29) is 5.91 Å². The van der Waals surface area contributed by atoms with Gasteiger partial charge in [0, 0.05) is 35.8 Å². The number of aromatic nitrogens is 2. The van der Waals surface area contributed by atoms with Crippen LogP contribution in [-0.2, 0) is 17.8 Å². The van der Waals surface area contributed by atoms with Crippen molar-refractivity contribution in [3.05, 3.63) is 52.3 Å². The number of benzene rings is 1. The van der Waals surface area contributed by atoms with Gasteiger partial charge in [-0.3, -0.25) is 9.89 Å². The van der Waals surface area contributed by atoms with Gasteiger partial charge in [0.15, 0.2) is 6.10 Å². The molecule has 104 valence electrons. The summed E-state index contributed by atoms with van der Waals surface area (Å²) in [6.45, 7) is 1.05.